The first-order valence-corrected chi connectivity index (χ1v) is 11.3. The summed E-state index contributed by atoms with van der Waals surface area (Å²) in [4.78, 5) is 20.6. The van der Waals surface area contributed by atoms with Gasteiger partial charge in [0.05, 0.1) is 22.2 Å². The van der Waals surface area contributed by atoms with Crippen LogP contribution in [0.3, 0.4) is 0 Å². The van der Waals surface area contributed by atoms with E-state index in [-0.39, 0.29) is 37.3 Å². The Bertz CT molecular complexity index is 1160. The Morgan fingerprint density at radius 2 is 1.73 bits per heavy atom. The van der Waals surface area contributed by atoms with Gasteiger partial charge in [-0.15, -0.1) is 24.8 Å². The molecule has 2 aliphatic rings. The lowest BCUT2D eigenvalue weighted by molar-refractivity contribution is 0.0966. The van der Waals surface area contributed by atoms with Gasteiger partial charge in [-0.25, -0.2) is 0 Å². The lowest BCUT2D eigenvalue weighted by Crippen LogP contribution is -2.46. The second-order valence-corrected chi connectivity index (χ2v) is 8.99. The molecule has 0 radical (unpaired) electrons. The van der Waals surface area contributed by atoms with Gasteiger partial charge >= 0.3 is 0 Å². The zero-order valence-electron chi connectivity index (χ0n) is 17.9. The lowest BCUT2D eigenvalue weighted by Gasteiger charge is -2.34. The number of β-amino-alcohol motifs (C(OH)–C–C–N with tert-alkyl or cyclic N) is 1. The van der Waals surface area contributed by atoms with E-state index in [2.05, 4.69) is 44.4 Å². The number of aliphatic hydroxyl groups excluding tert-OH is 1. The monoisotopic (exact) mass is 530 g/mol. The zero-order chi connectivity index (χ0) is 21.5. The van der Waals surface area contributed by atoms with Gasteiger partial charge in [-0.3, -0.25) is 14.6 Å². The number of carbonyl (C=O) groups is 1. The minimum atomic E-state index is -0.122. The summed E-state index contributed by atoms with van der Waals surface area (Å²) in [6.45, 7) is 6.24. The normalized spacial score (nSPS) is 16.3. The molecule has 2 aliphatic heterocycles. The minimum absolute atomic E-state index is 0. The van der Waals surface area contributed by atoms with E-state index in [1.807, 2.05) is 0 Å². The van der Waals surface area contributed by atoms with Crippen molar-refractivity contribution >= 4 is 64.8 Å². The number of aliphatic hydroxyl groups is 1. The highest BCUT2D eigenvalue weighted by molar-refractivity contribution is 6.43. The van der Waals surface area contributed by atoms with Gasteiger partial charge in [0.15, 0.2) is 0 Å². The predicted molar refractivity (Wildman–Crippen MR) is 138 cm³/mol. The standard InChI is InChI=1S/C23H24Cl2N4O2.2ClH/c24-18-11-16(21-17(22(18)25)12-26-23(21)31)20-10-15-9-14(1-2-19(15)27-20)13-29-5-3-28(4-6-29)7-8-30;;/h1-2,9-11,27,30H,3-8,12-13H2,(H,26,31);2*1H. The van der Waals surface area contributed by atoms with E-state index in [1.54, 1.807) is 6.07 Å². The van der Waals surface area contributed by atoms with Crippen molar-refractivity contribution in [3.63, 3.8) is 0 Å². The molecule has 1 saturated heterocycles. The van der Waals surface area contributed by atoms with Crippen molar-refractivity contribution < 1.29 is 9.90 Å². The third-order valence-electron chi connectivity index (χ3n) is 6.23. The van der Waals surface area contributed by atoms with Crippen LogP contribution in [0.5, 0.6) is 0 Å². The first-order chi connectivity index (χ1) is 15.0. The largest absolute Gasteiger partial charge is 0.395 e. The molecule has 33 heavy (non-hydrogen) atoms. The molecule has 0 atom stereocenters. The number of fused-ring (bicyclic) bond motifs is 2. The molecule has 10 heteroatoms. The quantitative estimate of drug-likeness (QED) is 0.458. The molecule has 3 N–H and O–H groups in total. The molecule has 0 bridgehead atoms. The van der Waals surface area contributed by atoms with Crippen LogP contribution in [-0.4, -0.2) is 65.1 Å². The van der Waals surface area contributed by atoms with Gasteiger partial charge < -0.3 is 15.4 Å². The number of amides is 1. The van der Waals surface area contributed by atoms with Crippen molar-refractivity contribution in [1.82, 2.24) is 20.1 Å². The van der Waals surface area contributed by atoms with Gasteiger partial charge in [0.1, 0.15) is 0 Å². The fraction of sp³-hybridized carbons (Fsp3) is 0.348. The van der Waals surface area contributed by atoms with Crippen LogP contribution in [0.15, 0.2) is 30.3 Å². The number of aromatic amines is 1. The summed E-state index contributed by atoms with van der Waals surface area (Å²) in [5.41, 5.74) is 5.26. The van der Waals surface area contributed by atoms with Crippen molar-refractivity contribution in [2.24, 2.45) is 0 Å². The molecule has 0 saturated carbocycles. The molecule has 1 amide bonds. The topological polar surface area (TPSA) is 71.6 Å². The fourth-order valence-electron chi connectivity index (χ4n) is 4.57. The number of rotatable bonds is 5. The van der Waals surface area contributed by atoms with E-state index >= 15 is 0 Å². The van der Waals surface area contributed by atoms with E-state index < -0.39 is 0 Å². The predicted octanol–water partition coefficient (Wildman–Crippen LogP) is 4.34. The average Bonchev–Trinajstić information content (AvgIpc) is 3.36. The average molecular weight is 532 g/mol. The highest BCUT2D eigenvalue weighted by Crippen LogP contribution is 2.39. The second kappa shape index (κ2) is 10.8. The molecular formula is C23H26Cl4N4O2. The maximum atomic E-state index is 12.4. The summed E-state index contributed by atoms with van der Waals surface area (Å²) in [6.07, 6.45) is 0. The highest BCUT2D eigenvalue weighted by Gasteiger charge is 2.28. The highest BCUT2D eigenvalue weighted by atomic mass is 35.5. The van der Waals surface area contributed by atoms with Crippen LogP contribution >= 0.6 is 48.0 Å². The van der Waals surface area contributed by atoms with Crippen LogP contribution in [-0.2, 0) is 13.1 Å². The van der Waals surface area contributed by atoms with Crippen LogP contribution in [0.25, 0.3) is 22.2 Å². The number of nitrogens with zero attached hydrogens (tertiary/aromatic N) is 2. The Labute approximate surface area is 215 Å². The summed E-state index contributed by atoms with van der Waals surface area (Å²) >= 11 is 12.7. The molecule has 0 unspecified atom stereocenters. The molecule has 3 heterocycles. The van der Waals surface area contributed by atoms with E-state index in [0.29, 0.717) is 22.2 Å². The molecule has 1 fully saturated rings. The lowest BCUT2D eigenvalue weighted by atomic mass is 10.00. The molecule has 1 aromatic heterocycles. The molecule has 178 valence electrons. The van der Waals surface area contributed by atoms with Crippen molar-refractivity contribution in [2.75, 3.05) is 39.3 Å². The summed E-state index contributed by atoms with van der Waals surface area (Å²) in [6, 6.07) is 10.3. The van der Waals surface area contributed by atoms with E-state index in [0.717, 1.165) is 67.0 Å². The van der Waals surface area contributed by atoms with Crippen LogP contribution in [0, 0.1) is 0 Å². The van der Waals surface area contributed by atoms with Gasteiger partial charge in [-0.1, -0.05) is 29.3 Å². The van der Waals surface area contributed by atoms with Crippen LogP contribution in [0.1, 0.15) is 21.5 Å². The maximum Gasteiger partial charge on any atom is 0.252 e. The first-order valence-electron chi connectivity index (χ1n) is 10.5. The number of piperazine rings is 1. The number of benzene rings is 2. The number of hydrogen-bond acceptors (Lipinski definition) is 4. The van der Waals surface area contributed by atoms with E-state index in [9.17, 15) is 4.79 Å². The number of H-pyrrole nitrogens is 1. The Morgan fingerprint density at radius 1 is 1.00 bits per heavy atom. The zero-order valence-corrected chi connectivity index (χ0v) is 21.0. The Morgan fingerprint density at radius 3 is 2.45 bits per heavy atom. The fourth-order valence-corrected chi connectivity index (χ4v) is 5.01. The molecule has 6 nitrogen and oxygen atoms in total. The second-order valence-electron chi connectivity index (χ2n) is 8.20. The van der Waals surface area contributed by atoms with Gasteiger partial charge in [0.2, 0.25) is 0 Å². The first kappa shape index (κ1) is 26.1. The number of carbonyl (C=O) groups excluding carboxylic acids is 1. The van der Waals surface area contributed by atoms with Gasteiger partial charge in [-0.05, 0) is 29.8 Å². The molecule has 2 aromatic carbocycles. The Balaban J connectivity index is 0.00000153. The molecule has 5 rings (SSSR count). The van der Waals surface area contributed by atoms with Gasteiger partial charge in [-0.2, -0.15) is 0 Å². The number of hydrogen-bond donors (Lipinski definition) is 3. The third kappa shape index (κ3) is 5.13. The van der Waals surface area contributed by atoms with Crippen LogP contribution < -0.4 is 5.32 Å². The van der Waals surface area contributed by atoms with E-state index in [4.69, 9.17) is 28.3 Å². The van der Waals surface area contributed by atoms with Crippen LogP contribution in [0.2, 0.25) is 10.0 Å². The molecular weight excluding hydrogens is 506 g/mol. The van der Waals surface area contributed by atoms with Crippen molar-refractivity contribution in [3.8, 4) is 11.3 Å². The summed E-state index contributed by atoms with van der Waals surface area (Å²) in [5.74, 6) is -0.122. The minimum Gasteiger partial charge on any atom is -0.395 e. The summed E-state index contributed by atoms with van der Waals surface area (Å²) < 4.78 is 0. The smallest absolute Gasteiger partial charge is 0.252 e. The Kier molecular flexibility index (Phi) is 8.56. The summed E-state index contributed by atoms with van der Waals surface area (Å²) in [7, 11) is 0. The number of nitrogens with one attached hydrogen (secondary N) is 2. The Hall–Kier alpha value is -1.51. The van der Waals surface area contributed by atoms with Gasteiger partial charge in [0, 0.05) is 73.5 Å². The SMILES string of the molecule is Cl.Cl.O=C1NCc2c(Cl)c(Cl)cc(-c3cc4cc(CN5CCN(CCO)CC5)ccc4[nH]3)c21. The number of aromatic nitrogens is 1. The third-order valence-corrected chi connectivity index (χ3v) is 7.06. The molecule has 0 aliphatic carbocycles. The van der Waals surface area contributed by atoms with Crippen molar-refractivity contribution in [1.29, 1.82) is 0 Å². The molecule has 3 aromatic rings. The number of halogens is 4. The van der Waals surface area contributed by atoms with Crippen molar-refractivity contribution in [3.05, 3.63) is 57.1 Å². The van der Waals surface area contributed by atoms with Crippen molar-refractivity contribution in [2.45, 2.75) is 13.1 Å². The van der Waals surface area contributed by atoms with Crippen LogP contribution in [0.4, 0.5) is 0 Å². The maximum absolute atomic E-state index is 12.4. The summed E-state index contributed by atoms with van der Waals surface area (Å²) in [5, 5.41) is 13.9. The molecule has 0 spiro atoms. The van der Waals surface area contributed by atoms with Gasteiger partial charge in [0.25, 0.3) is 5.91 Å². The van der Waals surface area contributed by atoms with E-state index in [1.165, 1.54) is 5.56 Å².